The zero-order valence-electron chi connectivity index (χ0n) is 14.1. The summed E-state index contributed by atoms with van der Waals surface area (Å²) < 4.78 is 0. The molecule has 0 heterocycles. The van der Waals surface area contributed by atoms with E-state index in [0.717, 1.165) is 37.0 Å². The first kappa shape index (κ1) is 17.0. The smallest absolute Gasteiger partial charge is 0.325 e. The van der Waals surface area contributed by atoms with Crippen molar-refractivity contribution in [3.05, 3.63) is 0 Å². The molecule has 0 saturated heterocycles. The predicted octanol–water partition coefficient (Wildman–Crippen LogP) is 1.23. The highest BCUT2D eigenvalue weighted by atomic mass is 16.4. The molecule has 0 aromatic heterocycles. The fourth-order valence-corrected chi connectivity index (χ4v) is 5.21. The molecule has 0 radical (unpaired) electrons. The number of rotatable bonds is 6. The van der Waals surface area contributed by atoms with E-state index >= 15 is 0 Å². The van der Waals surface area contributed by atoms with Crippen molar-refractivity contribution in [3.8, 4) is 0 Å². The second-order valence-corrected chi connectivity index (χ2v) is 7.96. The number of amides is 3. The predicted molar refractivity (Wildman–Crippen MR) is 87.3 cm³/mol. The quantitative estimate of drug-likeness (QED) is 0.585. The number of carbonyl (C=O) groups is 3. The first-order valence-electron chi connectivity index (χ1n) is 8.93. The van der Waals surface area contributed by atoms with Crippen LogP contribution in [0.4, 0.5) is 4.79 Å². The summed E-state index contributed by atoms with van der Waals surface area (Å²) in [6, 6.07) is -1.13. The Labute approximate surface area is 141 Å². The van der Waals surface area contributed by atoms with Crippen LogP contribution in [0, 0.1) is 17.8 Å². The fourth-order valence-electron chi connectivity index (χ4n) is 5.21. The highest BCUT2D eigenvalue weighted by molar-refractivity contribution is 5.83. The van der Waals surface area contributed by atoms with Crippen LogP contribution in [0.25, 0.3) is 0 Å². The molecule has 4 fully saturated rings. The summed E-state index contributed by atoms with van der Waals surface area (Å²) in [5.41, 5.74) is -0.0427. The molecular weight excluding hydrogens is 310 g/mol. The van der Waals surface area contributed by atoms with Gasteiger partial charge < -0.3 is 21.1 Å². The third kappa shape index (κ3) is 3.82. The lowest BCUT2D eigenvalue weighted by atomic mass is 9.53. The topological polar surface area (TPSA) is 108 Å². The van der Waals surface area contributed by atoms with E-state index in [9.17, 15) is 14.4 Å². The second-order valence-electron chi connectivity index (χ2n) is 7.96. The molecule has 4 rings (SSSR count). The molecule has 4 N–H and O–H groups in total. The zero-order chi connectivity index (χ0) is 17.3. The monoisotopic (exact) mass is 337 g/mol. The number of carboxylic acids is 1. The van der Waals surface area contributed by atoms with Crippen LogP contribution in [-0.2, 0) is 9.59 Å². The third-order valence-electron chi connectivity index (χ3n) is 5.80. The van der Waals surface area contributed by atoms with Crippen LogP contribution in [0.3, 0.4) is 0 Å². The van der Waals surface area contributed by atoms with Gasteiger partial charge in [-0.25, -0.2) is 4.79 Å². The summed E-state index contributed by atoms with van der Waals surface area (Å²) in [7, 11) is 0. The Hall–Kier alpha value is -1.79. The van der Waals surface area contributed by atoms with Crippen molar-refractivity contribution < 1.29 is 19.5 Å². The third-order valence-corrected chi connectivity index (χ3v) is 5.80. The minimum absolute atomic E-state index is 0.0427. The van der Waals surface area contributed by atoms with Gasteiger partial charge >= 0.3 is 12.0 Å². The Morgan fingerprint density at radius 1 is 1.08 bits per heavy atom. The summed E-state index contributed by atoms with van der Waals surface area (Å²) in [5.74, 6) is 0.843. The molecule has 0 aromatic carbocycles. The van der Waals surface area contributed by atoms with Gasteiger partial charge in [0.05, 0.1) is 0 Å². The Kier molecular flexibility index (Phi) is 4.69. The first-order chi connectivity index (χ1) is 11.3. The highest BCUT2D eigenvalue weighted by Crippen LogP contribution is 2.55. The van der Waals surface area contributed by atoms with Crippen LogP contribution in [0.5, 0.6) is 0 Å². The zero-order valence-corrected chi connectivity index (χ0v) is 14.1. The van der Waals surface area contributed by atoms with Gasteiger partial charge in [-0.05, 0) is 63.2 Å². The number of hydrogen-bond acceptors (Lipinski definition) is 3. The Bertz CT molecular complexity index is 499. The van der Waals surface area contributed by atoms with Crippen LogP contribution in [-0.4, -0.2) is 41.1 Å². The van der Waals surface area contributed by atoms with Crippen molar-refractivity contribution in [1.29, 1.82) is 0 Å². The first-order valence-corrected chi connectivity index (χ1v) is 8.93. The summed E-state index contributed by atoms with van der Waals surface area (Å²) in [4.78, 5) is 34.5. The molecule has 134 valence electrons. The lowest BCUT2D eigenvalue weighted by Gasteiger charge is -2.56. The van der Waals surface area contributed by atoms with Crippen LogP contribution in [0.15, 0.2) is 0 Å². The van der Waals surface area contributed by atoms with Crippen LogP contribution < -0.4 is 16.0 Å². The van der Waals surface area contributed by atoms with E-state index in [0.29, 0.717) is 0 Å². The average Bonchev–Trinajstić information content (AvgIpc) is 2.44. The van der Waals surface area contributed by atoms with Gasteiger partial charge in [0.25, 0.3) is 0 Å². The number of nitrogens with one attached hydrogen (secondary N) is 3. The molecule has 24 heavy (non-hydrogen) atoms. The van der Waals surface area contributed by atoms with Crippen LogP contribution >= 0.6 is 0 Å². The average molecular weight is 337 g/mol. The second kappa shape index (κ2) is 6.61. The molecule has 4 aliphatic rings. The SMILES string of the molecule is CC(NC(=O)CCNC(=O)NC12CC3CC(CC(C3)C1)C2)C(=O)O. The van der Waals surface area contributed by atoms with E-state index in [1.54, 1.807) is 0 Å². The van der Waals surface area contributed by atoms with Gasteiger partial charge in [-0.1, -0.05) is 0 Å². The number of carbonyl (C=O) groups excluding carboxylic acids is 2. The van der Waals surface area contributed by atoms with Crippen LogP contribution in [0.2, 0.25) is 0 Å². The summed E-state index contributed by atoms with van der Waals surface area (Å²) in [5, 5.41) is 17.0. The van der Waals surface area contributed by atoms with Gasteiger partial charge in [0.1, 0.15) is 6.04 Å². The molecule has 0 aliphatic heterocycles. The van der Waals surface area contributed by atoms with Crippen molar-refractivity contribution >= 4 is 17.9 Å². The van der Waals surface area contributed by atoms with E-state index in [1.165, 1.54) is 26.2 Å². The lowest BCUT2D eigenvalue weighted by molar-refractivity contribution is -0.141. The number of hydrogen-bond donors (Lipinski definition) is 4. The summed E-state index contributed by atoms with van der Waals surface area (Å²) in [6.07, 6.45) is 7.31. The van der Waals surface area contributed by atoms with Crippen molar-refractivity contribution in [1.82, 2.24) is 16.0 Å². The van der Waals surface area contributed by atoms with E-state index in [2.05, 4.69) is 16.0 Å². The molecule has 7 heteroatoms. The van der Waals surface area contributed by atoms with E-state index in [4.69, 9.17) is 5.11 Å². The van der Waals surface area contributed by atoms with Crippen molar-refractivity contribution in [3.63, 3.8) is 0 Å². The largest absolute Gasteiger partial charge is 0.480 e. The molecule has 4 aliphatic carbocycles. The number of urea groups is 1. The van der Waals surface area contributed by atoms with E-state index < -0.39 is 12.0 Å². The maximum absolute atomic E-state index is 12.2. The normalized spacial score (nSPS) is 34.5. The Balaban J connectivity index is 1.40. The molecule has 7 nitrogen and oxygen atoms in total. The van der Waals surface area contributed by atoms with Gasteiger partial charge in [-0.3, -0.25) is 9.59 Å². The summed E-state index contributed by atoms with van der Waals surface area (Å²) in [6.45, 7) is 1.61. The van der Waals surface area contributed by atoms with Crippen molar-refractivity contribution in [2.24, 2.45) is 17.8 Å². The molecule has 1 unspecified atom stereocenters. The van der Waals surface area contributed by atoms with Gasteiger partial charge in [0, 0.05) is 18.5 Å². The maximum atomic E-state index is 12.2. The summed E-state index contributed by atoms with van der Waals surface area (Å²) >= 11 is 0. The molecule has 0 aromatic rings. The molecule has 1 atom stereocenters. The molecule has 0 spiro atoms. The standard InChI is InChI=1S/C17H27N3O4/c1-10(15(22)23)19-14(21)2-3-18-16(24)20-17-7-11-4-12(8-17)6-13(5-11)9-17/h10-13H,2-9H2,1H3,(H,19,21)(H,22,23)(H2,18,20,24). The van der Waals surface area contributed by atoms with Gasteiger partial charge in [-0.2, -0.15) is 0 Å². The minimum Gasteiger partial charge on any atom is -0.480 e. The minimum atomic E-state index is -1.07. The van der Waals surface area contributed by atoms with Crippen molar-refractivity contribution in [2.45, 2.75) is 63.5 Å². The van der Waals surface area contributed by atoms with Crippen LogP contribution in [0.1, 0.15) is 51.9 Å². The maximum Gasteiger partial charge on any atom is 0.325 e. The Morgan fingerprint density at radius 2 is 1.62 bits per heavy atom. The van der Waals surface area contributed by atoms with Gasteiger partial charge in [0.15, 0.2) is 0 Å². The molecule has 4 saturated carbocycles. The molecule has 4 bridgehead atoms. The fraction of sp³-hybridized carbons (Fsp3) is 0.824. The highest BCUT2D eigenvalue weighted by Gasteiger charge is 2.51. The van der Waals surface area contributed by atoms with Gasteiger partial charge in [0.2, 0.25) is 5.91 Å². The number of carboxylic acid groups (broad SMARTS) is 1. The van der Waals surface area contributed by atoms with Gasteiger partial charge in [-0.15, -0.1) is 0 Å². The van der Waals surface area contributed by atoms with Crippen molar-refractivity contribution in [2.75, 3.05) is 6.54 Å². The Morgan fingerprint density at radius 3 is 2.12 bits per heavy atom. The molecular formula is C17H27N3O4. The lowest BCUT2D eigenvalue weighted by Crippen LogP contribution is -2.61. The van der Waals surface area contributed by atoms with E-state index in [1.807, 2.05) is 0 Å². The molecule has 3 amide bonds. The van der Waals surface area contributed by atoms with E-state index in [-0.39, 0.29) is 30.4 Å². The number of aliphatic carboxylic acids is 1.